The molecule has 1 saturated heterocycles. The van der Waals surface area contributed by atoms with Gasteiger partial charge in [0.2, 0.25) is 0 Å². The van der Waals surface area contributed by atoms with Crippen LogP contribution in [0.15, 0.2) is 24.5 Å². The Kier molecular flexibility index (Phi) is 10.7. The molecule has 3 atom stereocenters. The Labute approximate surface area is 164 Å². The number of hydrogen-bond donors (Lipinski definition) is 2. The van der Waals surface area contributed by atoms with Crippen molar-refractivity contribution in [3.63, 3.8) is 0 Å². The maximum Gasteiger partial charge on any atom is 0.0868 e. The summed E-state index contributed by atoms with van der Waals surface area (Å²) in [6.45, 7) is 6.33. The number of aliphatic hydroxyl groups is 1. The number of piperazine rings is 1. The van der Waals surface area contributed by atoms with Crippen LogP contribution in [0.25, 0.3) is 0 Å². The Morgan fingerprint density at radius 3 is 2.58 bits per heavy atom. The van der Waals surface area contributed by atoms with Gasteiger partial charge in [0.1, 0.15) is 0 Å². The quantitative estimate of drug-likeness (QED) is 0.821. The Bertz CT molecular complexity index is 460. The van der Waals surface area contributed by atoms with Crippen molar-refractivity contribution in [2.75, 3.05) is 26.2 Å². The van der Waals surface area contributed by atoms with Crippen LogP contribution >= 0.6 is 37.2 Å². The SMILES string of the molecule is CC(c1cccnc1)C1(O)CCCCC1N1CCNCC1.Cl.Cl.Cl. The van der Waals surface area contributed by atoms with Gasteiger partial charge in [-0.05, 0) is 24.5 Å². The molecule has 1 aromatic rings. The molecule has 3 rings (SSSR count). The van der Waals surface area contributed by atoms with Gasteiger partial charge in [0.05, 0.1) is 5.60 Å². The number of hydrogen-bond acceptors (Lipinski definition) is 4. The summed E-state index contributed by atoms with van der Waals surface area (Å²) in [5, 5.41) is 14.9. The van der Waals surface area contributed by atoms with E-state index in [2.05, 4.69) is 28.2 Å². The molecule has 0 aromatic carbocycles. The summed E-state index contributed by atoms with van der Waals surface area (Å²) in [5.74, 6) is 0.131. The van der Waals surface area contributed by atoms with E-state index in [4.69, 9.17) is 0 Å². The number of aromatic nitrogens is 1. The van der Waals surface area contributed by atoms with Gasteiger partial charge in [-0.1, -0.05) is 25.8 Å². The lowest BCUT2D eigenvalue weighted by Crippen LogP contribution is -2.60. The van der Waals surface area contributed by atoms with E-state index in [9.17, 15) is 5.11 Å². The largest absolute Gasteiger partial charge is 0.388 e. The van der Waals surface area contributed by atoms with Crippen LogP contribution in [0.3, 0.4) is 0 Å². The minimum Gasteiger partial charge on any atom is -0.388 e. The van der Waals surface area contributed by atoms with Gasteiger partial charge < -0.3 is 10.4 Å². The van der Waals surface area contributed by atoms with Crippen molar-refractivity contribution >= 4 is 37.2 Å². The first kappa shape index (κ1) is 23.9. The number of rotatable bonds is 3. The fraction of sp³-hybridized carbons (Fsp3) is 0.706. The van der Waals surface area contributed by atoms with Gasteiger partial charge in [-0.3, -0.25) is 9.88 Å². The van der Waals surface area contributed by atoms with E-state index >= 15 is 0 Å². The molecule has 140 valence electrons. The molecule has 0 bridgehead atoms. The minimum atomic E-state index is -0.626. The van der Waals surface area contributed by atoms with Crippen molar-refractivity contribution in [2.45, 2.75) is 50.2 Å². The lowest BCUT2D eigenvalue weighted by atomic mass is 9.70. The van der Waals surface area contributed by atoms with Crippen LogP contribution in [0.1, 0.15) is 44.1 Å². The Balaban J connectivity index is 0.00000176. The maximum absolute atomic E-state index is 11.5. The number of nitrogens with zero attached hydrogens (tertiary/aromatic N) is 2. The van der Waals surface area contributed by atoms with Gasteiger partial charge in [0, 0.05) is 50.5 Å². The molecule has 3 unspecified atom stereocenters. The summed E-state index contributed by atoms with van der Waals surface area (Å²) in [4.78, 5) is 6.74. The van der Waals surface area contributed by atoms with Crippen molar-refractivity contribution in [3.8, 4) is 0 Å². The summed E-state index contributed by atoms with van der Waals surface area (Å²) in [6.07, 6.45) is 8.08. The summed E-state index contributed by atoms with van der Waals surface area (Å²) in [5.41, 5.74) is 0.528. The highest BCUT2D eigenvalue weighted by molar-refractivity contribution is 5.86. The summed E-state index contributed by atoms with van der Waals surface area (Å²) >= 11 is 0. The highest BCUT2D eigenvalue weighted by Crippen LogP contribution is 2.42. The molecule has 1 aliphatic heterocycles. The second kappa shape index (κ2) is 10.8. The first-order valence-corrected chi connectivity index (χ1v) is 8.29. The molecular formula is C17H30Cl3N3O. The molecule has 7 heteroatoms. The third-order valence-corrected chi connectivity index (χ3v) is 5.41. The zero-order chi connectivity index (χ0) is 14.7. The van der Waals surface area contributed by atoms with Crippen LogP contribution in [-0.2, 0) is 0 Å². The topological polar surface area (TPSA) is 48.4 Å². The van der Waals surface area contributed by atoms with Gasteiger partial charge in [-0.2, -0.15) is 0 Å². The van der Waals surface area contributed by atoms with Crippen molar-refractivity contribution in [1.29, 1.82) is 0 Å². The first-order valence-electron chi connectivity index (χ1n) is 8.29. The van der Waals surface area contributed by atoms with Gasteiger partial charge >= 0.3 is 0 Å². The number of nitrogens with one attached hydrogen (secondary N) is 1. The molecule has 1 saturated carbocycles. The molecule has 2 heterocycles. The third-order valence-electron chi connectivity index (χ3n) is 5.41. The van der Waals surface area contributed by atoms with Gasteiger partial charge in [-0.15, -0.1) is 37.2 Å². The Hall–Kier alpha value is -0.100. The predicted molar refractivity (Wildman–Crippen MR) is 106 cm³/mol. The molecule has 2 N–H and O–H groups in total. The molecule has 0 spiro atoms. The van der Waals surface area contributed by atoms with E-state index < -0.39 is 5.60 Å². The van der Waals surface area contributed by atoms with Crippen LogP contribution in [0.2, 0.25) is 0 Å². The summed E-state index contributed by atoms with van der Waals surface area (Å²) < 4.78 is 0. The van der Waals surface area contributed by atoms with E-state index in [0.29, 0.717) is 0 Å². The predicted octanol–water partition coefficient (Wildman–Crippen LogP) is 3.03. The van der Waals surface area contributed by atoms with Gasteiger partial charge in [-0.25, -0.2) is 0 Å². The van der Waals surface area contributed by atoms with Crippen LogP contribution < -0.4 is 5.32 Å². The monoisotopic (exact) mass is 397 g/mol. The second-order valence-corrected chi connectivity index (χ2v) is 6.55. The highest BCUT2D eigenvalue weighted by Gasteiger charge is 2.46. The fourth-order valence-electron chi connectivity index (χ4n) is 4.08. The maximum atomic E-state index is 11.5. The van der Waals surface area contributed by atoms with Crippen LogP contribution in [0.4, 0.5) is 0 Å². The molecule has 1 aliphatic carbocycles. The summed E-state index contributed by atoms with van der Waals surface area (Å²) in [7, 11) is 0. The van der Waals surface area contributed by atoms with Crippen LogP contribution in [0.5, 0.6) is 0 Å². The Morgan fingerprint density at radius 1 is 1.25 bits per heavy atom. The fourth-order valence-corrected chi connectivity index (χ4v) is 4.08. The minimum absolute atomic E-state index is 0. The standard InChI is InChI=1S/C17H27N3O.3ClH/c1-14(15-5-4-8-19-13-15)17(21)7-3-2-6-16(17)20-11-9-18-10-12-20;;;/h4-5,8,13-14,16,18,21H,2-3,6-7,9-12H2,1H3;3*1H. The van der Waals surface area contributed by atoms with E-state index in [1.54, 1.807) is 6.20 Å². The lowest BCUT2D eigenvalue weighted by Gasteiger charge is -2.50. The average Bonchev–Trinajstić information content (AvgIpc) is 2.56. The van der Waals surface area contributed by atoms with E-state index in [0.717, 1.165) is 51.0 Å². The first-order chi connectivity index (χ1) is 10.2. The zero-order valence-corrected chi connectivity index (χ0v) is 16.6. The second-order valence-electron chi connectivity index (χ2n) is 6.55. The van der Waals surface area contributed by atoms with E-state index in [-0.39, 0.29) is 49.2 Å². The molecule has 2 fully saturated rings. The molecular weight excluding hydrogens is 369 g/mol. The van der Waals surface area contributed by atoms with Crippen molar-refractivity contribution in [2.24, 2.45) is 0 Å². The number of pyridine rings is 1. The molecule has 2 aliphatic rings. The molecule has 4 nitrogen and oxygen atoms in total. The number of halogens is 3. The van der Waals surface area contributed by atoms with E-state index in [1.807, 2.05) is 12.3 Å². The van der Waals surface area contributed by atoms with Crippen molar-refractivity contribution in [1.82, 2.24) is 15.2 Å². The zero-order valence-electron chi connectivity index (χ0n) is 14.2. The van der Waals surface area contributed by atoms with E-state index in [1.165, 1.54) is 6.42 Å². The smallest absolute Gasteiger partial charge is 0.0868 e. The van der Waals surface area contributed by atoms with Crippen LogP contribution in [-0.4, -0.2) is 52.8 Å². The normalized spacial score (nSPS) is 28.7. The van der Waals surface area contributed by atoms with Gasteiger partial charge in [0.25, 0.3) is 0 Å². The Morgan fingerprint density at radius 2 is 1.96 bits per heavy atom. The lowest BCUT2D eigenvalue weighted by molar-refractivity contribution is -0.0914. The van der Waals surface area contributed by atoms with Gasteiger partial charge in [0.15, 0.2) is 0 Å². The molecule has 1 aromatic heterocycles. The van der Waals surface area contributed by atoms with Crippen molar-refractivity contribution in [3.05, 3.63) is 30.1 Å². The third kappa shape index (κ3) is 4.96. The molecule has 0 radical (unpaired) electrons. The molecule has 0 amide bonds. The average molecular weight is 399 g/mol. The summed E-state index contributed by atoms with van der Waals surface area (Å²) in [6, 6.07) is 4.35. The highest BCUT2D eigenvalue weighted by atomic mass is 35.5. The molecule has 24 heavy (non-hydrogen) atoms. The van der Waals surface area contributed by atoms with Crippen molar-refractivity contribution < 1.29 is 5.11 Å². The van der Waals surface area contributed by atoms with Crippen LogP contribution in [0, 0.1) is 0 Å².